The summed E-state index contributed by atoms with van der Waals surface area (Å²) in [5, 5.41) is 16.2. The van der Waals surface area contributed by atoms with Gasteiger partial charge in [-0.2, -0.15) is 5.10 Å². The number of esters is 1. The molecule has 1 rings (SSSR count). The van der Waals surface area contributed by atoms with Gasteiger partial charge in [0.1, 0.15) is 11.3 Å². The summed E-state index contributed by atoms with van der Waals surface area (Å²) in [7, 11) is 0. The first-order valence-electron chi connectivity index (χ1n) is 6.84. The van der Waals surface area contributed by atoms with Crippen LogP contribution in [-0.4, -0.2) is 39.0 Å². The molecule has 0 unspecified atom stereocenters. The minimum atomic E-state index is -1.02. The summed E-state index contributed by atoms with van der Waals surface area (Å²) in [5.41, 5.74) is 0.192. The van der Waals surface area contributed by atoms with Gasteiger partial charge in [0.2, 0.25) is 0 Å². The zero-order valence-corrected chi connectivity index (χ0v) is 13.1. The molecular weight excluding hydrogens is 274 g/mol. The van der Waals surface area contributed by atoms with Crippen molar-refractivity contribution in [2.75, 3.05) is 6.54 Å². The third-order valence-corrected chi connectivity index (χ3v) is 2.49. The van der Waals surface area contributed by atoms with E-state index in [1.165, 1.54) is 10.7 Å². The van der Waals surface area contributed by atoms with E-state index in [1.54, 1.807) is 20.8 Å². The number of nitrogens with one attached hydrogen (secondary N) is 1. The van der Waals surface area contributed by atoms with Crippen LogP contribution in [0.1, 0.15) is 56.8 Å². The molecule has 7 heteroatoms. The number of ether oxygens (including phenoxy) is 1. The summed E-state index contributed by atoms with van der Waals surface area (Å²) in [6.45, 7) is 9.47. The molecule has 0 saturated carbocycles. The Kier molecular flexibility index (Phi) is 5.48. The summed E-state index contributed by atoms with van der Waals surface area (Å²) in [6, 6.07) is 1.46. The molecule has 2 N–H and O–H groups in total. The molecule has 0 aliphatic rings. The van der Waals surface area contributed by atoms with Gasteiger partial charge in [0.05, 0.1) is 12.2 Å². The first kappa shape index (κ1) is 17.2. The van der Waals surface area contributed by atoms with Crippen molar-refractivity contribution in [3.05, 3.63) is 17.5 Å². The molecule has 0 saturated heterocycles. The van der Waals surface area contributed by atoms with Gasteiger partial charge in [-0.1, -0.05) is 0 Å². The molecule has 0 aliphatic carbocycles. The highest BCUT2D eigenvalue weighted by atomic mass is 16.6. The molecule has 21 heavy (non-hydrogen) atoms. The molecule has 0 aliphatic heterocycles. The molecule has 0 aromatic carbocycles. The van der Waals surface area contributed by atoms with E-state index in [-0.39, 0.29) is 24.2 Å². The van der Waals surface area contributed by atoms with Crippen LogP contribution in [0.4, 0.5) is 0 Å². The van der Waals surface area contributed by atoms with E-state index in [9.17, 15) is 9.59 Å². The standard InChI is InChI=1S/C14H23N3O4/c1-9(2)17-11(13(19)20)6-10(16-17)7-15-8-12(18)21-14(3,4)5/h6,9,15H,7-8H2,1-5H3,(H,19,20). The van der Waals surface area contributed by atoms with Gasteiger partial charge in [-0.05, 0) is 40.7 Å². The number of carboxylic acid groups (broad SMARTS) is 1. The molecule has 0 bridgehead atoms. The number of carbonyl (C=O) groups is 2. The van der Waals surface area contributed by atoms with Gasteiger partial charge in [-0.25, -0.2) is 4.79 Å². The number of carbonyl (C=O) groups excluding carboxylic acids is 1. The third-order valence-electron chi connectivity index (χ3n) is 2.49. The summed E-state index contributed by atoms with van der Waals surface area (Å²) >= 11 is 0. The number of hydrogen-bond donors (Lipinski definition) is 2. The van der Waals surface area contributed by atoms with Crippen LogP contribution in [0.2, 0.25) is 0 Å². The van der Waals surface area contributed by atoms with Crippen molar-refractivity contribution in [2.24, 2.45) is 0 Å². The van der Waals surface area contributed by atoms with E-state index >= 15 is 0 Å². The molecule has 0 radical (unpaired) electrons. The maximum Gasteiger partial charge on any atom is 0.354 e. The third kappa shape index (κ3) is 5.55. The van der Waals surface area contributed by atoms with Crippen molar-refractivity contribution in [1.82, 2.24) is 15.1 Å². The van der Waals surface area contributed by atoms with Crippen molar-refractivity contribution in [2.45, 2.75) is 52.8 Å². The number of aromatic nitrogens is 2. The smallest absolute Gasteiger partial charge is 0.354 e. The quantitative estimate of drug-likeness (QED) is 0.775. The molecule has 118 valence electrons. The van der Waals surface area contributed by atoms with Gasteiger partial charge >= 0.3 is 11.9 Å². The van der Waals surface area contributed by atoms with Crippen molar-refractivity contribution in [1.29, 1.82) is 0 Å². The van der Waals surface area contributed by atoms with Crippen LogP contribution in [0.25, 0.3) is 0 Å². The lowest BCUT2D eigenvalue weighted by Crippen LogP contribution is -2.31. The summed E-state index contributed by atoms with van der Waals surface area (Å²) in [6.07, 6.45) is 0. The molecule has 0 amide bonds. The second kappa shape index (κ2) is 6.71. The minimum absolute atomic E-state index is 0.0456. The monoisotopic (exact) mass is 297 g/mol. The maximum absolute atomic E-state index is 11.5. The minimum Gasteiger partial charge on any atom is -0.477 e. The fourth-order valence-electron chi connectivity index (χ4n) is 1.76. The number of carboxylic acids is 1. The van der Waals surface area contributed by atoms with Gasteiger partial charge in [0.15, 0.2) is 0 Å². The lowest BCUT2D eigenvalue weighted by atomic mass is 10.2. The lowest BCUT2D eigenvalue weighted by Gasteiger charge is -2.19. The van der Waals surface area contributed by atoms with E-state index < -0.39 is 11.6 Å². The second-order valence-corrected chi connectivity index (χ2v) is 6.05. The second-order valence-electron chi connectivity index (χ2n) is 6.05. The topological polar surface area (TPSA) is 93.5 Å². The molecule has 0 atom stereocenters. The van der Waals surface area contributed by atoms with Crippen molar-refractivity contribution in [3.63, 3.8) is 0 Å². The molecule has 0 spiro atoms. The Morgan fingerprint density at radius 2 is 2.05 bits per heavy atom. The van der Waals surface area contributed by atoms with Gasteiger partial charge in [-0.15, -0.1) is 0 Å². The fraction of sp³-hybridized carbons (Fsp3) is 0.643. The fourth-order valence-corrected chi connectivity index (χ4v) is 1.76. The molecule has 1 heterocycles. The van der Waals surface area contributed by atoms with E-state index in [0.29, 0.717) is 12.2 Å². The van der Waals surface area contributed by atoms with Gasteiger partial charge in [-0.3, -0.25) is 9.48 Å². The lowest BCUT2D eigenvalue weighted by molar-refractivity contribution is -0.153. The summed E-state index contributed by atoms with van der Waals surface area (Å²) < 4.78 is 6.61. The number of rotatable bonds is 6. The van der Waals surface area contributed by atoms with Crippen molar-refractivity contribution >= 4 is 11.9 Å². The highest BCUT2D eigenvalue weighted by molar-refractivity contribution is 5.85. The first-order valence-corrected chi connectivity index (χ1v) is 6.84. The normalized spacial score (nSPS) is 11.7. The zero-order valence-electron chi connectivity index (χ0n) is 13.1. The Labute approximate surface area is 124 Å². The van der Waals surface area contributed by atoms with Crippen molar-refractivity contribution in [3.8, 4) is 0 Å². The van der Waals surface area contributed by atoms with Crippen molar-refractivity contribution < 1.29 is 19.4 Å². The van der Waals surface area contributed by atoms with Gasteiger partial charge < -0.3 is 15.2 Å². The van der Waals surface area contributed by atoms with E-state index in [4.69, 9.17) is 9.84 Å². The average molecular weight is 297 g/mol. The van der Waals surface area contributed by atoms with E-state index in [0.717, 1.165) is 0 Å². The number of aromatic carboxylic acids is 1. The van der Waals surface area contributed by atoms with Crippen LogP contribution >= 0.6 is 0 Å². The molecule has 1 aromatic heterocycles. The number of hydrogen-bond acceptors (Lipinski definition) is 5. The maximum atomic E-state index is 11.5. The summed E-state index contributed by atoms with van der Waals surface area (Å²) in [4.78, 5) is 22.7. The average Bonchev–Trinajstić information content (AvgIpc) is 2.70. The van der Waals surface area contributed by atoms with Crippen LogP contribution in [-0.2, 0) is 16.1 Å². The van der Waals surface area contributed by atoms with Crippen LogP contribution < -0.4 is 5.32 Å². The Hall–Kier alpha value is -1.89. The van der Waals surface area contributed by atoms with Crippen LogP contribution in [0, 0.1) is 0 Å². The largest absolute Gasteiger partial charge is 0.477 e. The van der Waals surface area contributed by atoms with Crippen LogP contribution in [0.3, 0.4) is 0 Å². The predicted molar refractivity (Wildman–Crippen MR) is 77.1 cm³/mol. The van der Waals surface area contributed by atoms with Gasteiger partial charge in [0, 0.05) is 12.6 Å². The summed E-state index contributed by atoms with van der Waals surface area (Å²) in [5.74, 6) is -1.38. The highest BCUT2D eigenvalue weighted by Crippen LogP contribution is 2.11. The van der Waals surface area contributed by atoms with Crippen LogP contribution in [0.15, 0.2) is 6.07 Å². The Bertz CT molecular complexity index is 515. The molecule has 1 aromatic rings. The van der Waals surface area contributed by atoms with Gasteiger partial charge in [0.25, 0.3) is 0 Å². The zero-order chi connectivity index (χ0) is 16.2. The number of nitrogens with zero attached hydrogens (tertiary/aromatic N) is 2. The molecule has 0 fully saturated rings. The highest BCUT2D eigenvalue weighted by Gasteiger charge is 2.18. The molecular formula is C14H23N3O4. The Morgan fingerprint density at radius 1 is 1.43 bits per heavy atom. The van der Waals surface area contributed by atoms with E-state index in [1.807, 2.05) is 13.8 Å². The molecule has 7 nitrogen and oxygen atoms in total. The van der Waals surface area contributed by atoms with Crippen LogP contribution in [0.5, 0.6) is 0 Å². The van der Waals surface area contributed by atoms with E-state index in [2.05, 4.69) is 10.4 Å². The SMILES string of the molecule is CC(C)n1nc(CNCC(=O)OC(C)(C)C)cc1C(=O)O. The Balaban J connectivity index is 2.59. The Morgan fingerprint density at radius 3 is 2.48 bits per heavy atom. The predicted octanol–water partition coefficient (Wildman–Crippen LogP) is 1.59. The first-order chi connectivity index (χ1) is 9.60.